The molecule has 0 aromatic carbocycles. The maximum Gasteiger partial charge on any atom is 0.315 e. The summed E-state index contributed by atoms with van der Waals surface area (Å²) in [6, 6.07) is 4.94. The summed E-state index contributed by atoms with van der Waals surface area (Å²) in [5, 5.41) is 14.5. The highest BCUT2D eigenvalue weighted by molar-refractivity contribution is 5.77. The minimum absolute atomic E-state index is 0.0294. The Kier molecular flexibility index (Phi) is 4.22. The second-order valence-corrected chi connectivity index (χ2v) is 5.28. The molecule has 20 heavy (non-hydrogen) atoms. The number of hydrogen-bond donors (Lipinski definition) is 3. The molecule has 0 saturated heterocycles. The highest BCUT2D eigenvalue weighted by atomic mass is 16.4. The number of urea groups is 1. The molecule has 1 fully saturated rings. The third-order valence-corrected chi connectivity index (χ3v) is 3.66. The number of nitrogens with zero attached hydrogens (tertiary/aromatic N) is 1. The predicted octanol–water partition coefficient (Wildman–Crippen LogP) is 1.84. The van der Waals surface area contributed by atoms with E-state index < -0.39 is 11.5 Å². The molecule has 6 nitrogen and oxygen atoms in total. The van der Waals surface area contributed by atoms with E-state index in [2.05, 4.69) is 15.6 Å². The Balaban J connectivity index is 1.90. The van der Waals surface area contributed by atoms with Crippen molar-refractivity contribution in [2.45, 2.75) is 44.2 Å². The van der Waals surface area contributed by atoms with E-state index in [-0.39, 0.29) is 18.5 Å². The maximum absolute atomic E-state index is 12.0. The Morgan fingerprint density at radius 1 is 1.45 bits per heavy atom. The van der Waals surface area contributed by atoms with Crippen LogP contribution in [0, 0.1) is 0 Å². The summed E-state index contributed by atoms with van der Waals surface area (Å²) in [6.07, 6.45) is 4.01. The molecule has 2 rings (SSSR count). The van der Waals surface area contributed by atoms with Gasteiger partial charge in [0.1, 0.15) is 0 Å². The molecule has 0 bridgehead atoms. The number of amides is 2. The van der Waals surface area contributed by atoms with Crippen molar-refractivity contribution in [2.75, 3.05) is 0 Å². The van der Waals surface area contributed by atoms with Gasteiger partial charge in [-0.25, -0.2) is 4.79 Å². The highest BCUT2D eigenvalue weighted by Gasteiger charge is 2.40. The number of aromatic nitrogens is 1. The molecule has 0 spiro atoms. The fraction of sp³-hybridized carbons (Fsp3) is 0.500. The first kappa shape index (κ1) is 14.3. The fourth-order valence-electron chi connectivity index (χ4n) is 2.42. The molecule has 1 aliphatic carbocycles. The van der Waals surface area contributed by atoms with Gasteiger partial charge in [-0.1, -0.05) is 6.07 Å². The van der Waals surface area contributed by atoms with E-state index in [1.807, 2.05) is 25.1 Å². The second-order valence-electron chi connectivity index (χ2n) is 5.28. The Hall–Kier alpha value is -2.11. The van der Waals surface area contributed by atoms with Crippen molar-refractivity contribution in [3.8, 4) is 0 Å². The van der Waals surface area contributed by atoms with Crippen LogP contribution in [-0.4, -0.2) is 27.6 Å². The van der Waals surface area contributed by atoms with Crippen LogP contribution in [0.4, 0.5) is 4.79 Å². The first-order chi connectivity index (χ1) is 9.51. The molecular weight excluding hydrogens is 258 g/mol. The molecular formula is C14H19N3O3. The lowest BCUT2D eigenvalue weighted by atomic mass is 9.74. The minimum atomic E-state index is -0.886. The van der Waals surface area contributed by atoms with Crippen LogP contribution in [0.3, 0.4) is 0 Å². The van der Waals surface area contributed by atoms with E-state index in [0.717, 1.165) is 12.1 Å². The molecule has 1 aromatic heterocycles. The highest BCUT2D eigenvalue weighted by Crippen LogP contribution is 2.34. The predicted molar refractivity (Wildman–Crippen MR) is 73.2 cm³/mol. The van der Waals surface area contributed by atoms with Gasteiger partial charge in [0.15, 0.2) is 0 Å². The van der Waals surface area contributed by atoms with Crippen LogP contribution < -0.4 is 10.6 Å². The molecule has 1 saturated carbocycles. The number of carboxylic acid groups (broad SMARTS) is 1. The lowest BCUT2D eigenvalue weighted by Gasteiger charge is -2.41. The van der Waals surface area contributed by atoms with Crippen LogP contribution in [0.25, 0.3) is 0 Å². The average molecular weight is 277 g/mol. The van der Waals surface area contributed by atoms with E-state index in [1.165, 1.54) is 0 Å². The number of carboxylic acids is 1. The quantitative estimate of drug-likeness (QED) is 0.765. The van der Waals surface area contributed by atoms with Crippen molar-refractivity contribution in [1.82, 2.24) is 15.6 Å². The Bertz CT molecular complexity index is 486. The lowest BCUT2D eigenvalue weighted by molar-refractivity contribution is -0.139. The van der Waals surface area contributed by atoms with Crippen molar-refractivity contribution in [3.63, 3.8) is 0 Å². The normalized spacial score (nSPS) is 17.6. The van der Waals surface area contributed by atoms with Crippen LogP contribution in [-0.2, 0) is 4.79 Å². The standard InChI is InChI=1S/C14H19N3O3/c1-10(11-5-2-3-8-15-11)16-13(20)17-14(6-4-7-14)9-12(18)19/h2-3,5,8,10H,4,6-7,9H2,1H3,(H,18,19)(H2,16,17,20). The zero-order chi connectivity index (χ0) is 14.6. The van der Waals surface area contributed by atoms with E-state index >= 15 is 0 Å². The third kappa shape index (κ3) is 3.46. The van der Waals surface area contributed by atoms with Gasteiger partial charge in [-0.3, -0.25) is 9.78 Å². The number of rotatable bonds is 5. The molecule has 108 valence electrons. The van der Waals surface area contributed by atoms with Crippen LogP contribution in [0.15, 0.2) is 24.4 Å². The average Bonchev–Trinajstić information content (AvgIpc) is 2.36. The van der Waals surface area contributed by atoms with E-state index in [1.54, 1.807) is 6.20 Å². The van der Waals surface area contributed by atoms with Gasteiger partial charge in [0.05, 0.1) is 23.7 Å². The van der Waals surface area contributed by atoms with Gasteiger partial charge in [-0.05, 0) is 38.3 Å². The van der Waals surface area contributed by atoms with Crippen LogP contribution in [0.2, 0.25) is 0 Å². The SMILES string of the molecule is CC(NC(=O)NC1(CC(=O)O)CCC1)c1ccccn1. The summed E-state index contributed by atoms with van der Waals surface area (Å²) in [5.41, 5.74) is 0.184. The van der Waals surface area contributed by atoms with Gasteiger partial charge in [-0.2, -0.15) is 0 Å². The van der Waals surface area contributed by atoms with Gasteiger partial charge in [0.2, 0.25) is 0 Å². The first-order valence-corrected chi connectivity index (χ1v) is 6.72. The fourth-order valence-corrected chi connectivity index (χ4v) is 2.42. The lowest BCUT2D eigenvalue weighted by Crippen LogP contribution is -2.57. The molecule has 1 atom stereocenters. The molecule has 0 radical (unpaired) electrons. The van der Waals surface area contributed by atoms with Crippen molar-refractivity contribution < 1.29 is 14.7 Å². The molecule has 3 N–H and O–H groups in total. The van der Waals surface area contributed by atoms with E-state index in [9.17, 15) is 9.59 Å². The summed E-state index contributed by atoms with van der Waals surface area (Å²) in [7, 11) is 0. The Labute approximate surface area is 117 Å². The van der Waals surface area contributed by atoms with Gasteiger partial charge in [0, 0.05) is 6.20 Å². The number of hydrogen-bond acceptors (Lipinski definition) is 3. The topological polar surface area (TPSA) is 91.3 Å². The molecule has 1 aromatic rings. The van der Waals surface area contributed by atoms with E-state index in [4.69, 9.17) is 5.11 Å². The summed E-state index contributed by atoms with van der Waals surface area (Å²) in [6.45, 7) is 1.84. The molecule has 0 aliphatic heterocycles. The van der Waals surface area contributed by atoms with E-state index in [0.29, 0.717) is 12.8 Å². The summed E-state index contributed by atoms with van der Waals surface area (Å²) >= 11 is 0. The van der Waals surface area contributed by atoms with Crippen molar-refractivity contribution >= 4 is 12.0 Å². The zero-order valence-corrected chi connectivity index (χ0v) is 11.4. The first-order valence-electron chi connectivity index (χ1n) is 6.72. The van der Waals surface area contributed by atoms with Gasteiger partial charge >= 0.3 is 12.0 Å². The van der Waals surface area contributed by atoms with Gasteiger partial charge in [0.25, 0.3) is 0 Å². The van der Waals surface area contributed by atoms with Crippen LogP contribution in [0.1, 0.15) is 44.3 Å². The largest absolute Gasteiger partial charge is 0.481 e. The number of pyridine rings is 1. The number of carbonyl (C=O) groups excluding carboxylic acids is 1. The molecule has 1 heterocycles. The molecule has 2 amide bonds. The number of nitrogens with one attached hydrogen (secondary N) is 2. The minimum Gasteiger partial charge on any atom is -0.481 e. The summed E-state index contributed by atoms with van der Waals surface area (Å²) in [5.74, 6) is -0.886. The maximum atomic E-state index is 12.0. The summed E-state index contributed by atoms with van der Waals surface area (Å²) < 4.78 is 0. The number of carbonyl (C=O) groups is 2. The summed E-state index contributed by atoms with van der Waals surface area (Å²) in [4.78, 5) is 27.0. The molecule has 1 unspecified atom stereocenters. The van der Waals surface area contributed by atoms with Crippen LogP contribution in [0.5, 0.6) is 0 Å². The molecule has 1 aliphatic rings. The second kappa shape index (κ2) is 5.90. The Morgan fingerprint density at radius 2 is 2.20 bits per heavy atom. The van der Waals surface area contributed by atoms with Crippen molar-refractivity contribution in [1.29, 1.82) is 0 Å². The smallest absolute Gasteiger partial charge is 0.315 e. The zero-order valence-electron chi connectivity index (χ0n) is 11.4. The van der Waals surface area contributed by atoms with Crippen LogP contribution >= 0.6 is 0 Å². The monoisotopic (exact) mass is 277 g/mol. The van der Waals surface area contributed by atoms with Crippen molar-refractivity contribution in [3.05, 3.63) is 30.1 Å². The van der Waals surface area contributed by atoms with Gasteiger partial charge < -0.3 is 15.7 Å². The molecule has 6 heteroatoms. The van der Waals surface area contributed by atoms with Crippen molar-refractivity contribution in [2.24, 2.45) is 0 Å². The van der Waals surface area contributed by atoms with Gasteiger partial charge in [-0.15, -0.1) is 0 Å². The third-order valence-electron chi connectivity index (χ3n) is 3.66. The number of aliphatic carboxylic acids is 1. The Morgan fingerprint density at radius 3 is 2.70 bits per heavy atom.